The van der Waals surface area contributed by atoms with Crippen molar-refractivity contribution in [2.45, 2.75) is 6.61 Å². The molecular weight excluding hydrogens is 256 g/mol. The Hall–Kier alpha value is -2.66. The maximum Gasteiger partial charge on any atom is 0.285 e. The lowest BCUT2D eigenvalue weighted by Gasteiger charge is -2.13. The second-order valence-electron chi connectivity index (χ2n) is 4.47. The maximum absolute atomic E-state index is 12.1. The van der Waals surface area contributed by atoms with E-state index in [2.05, 4.69) is 0 Å². The molecule has 0 spiro atoms. The number of benzene rings is 2. The molecule has 0 bridgehead atoms. The quantitative estimate of drug-likeness (QED) is 0.682. The van der Waals surface area contributed by atoms with Crippen LogP contribution in [0.15, 0.2) is 48.5 Å². The van der Waals surface area contributed by atoms with Crippen molar-refractivity contribution in [1.29, 1.82) is 0 Å². The highest BCUT2D eigenvalue weighted by atomic mass is 16.7. The third-order valence-corrected chi connectivity index (χ3v) is 3.07. The summed E-state index contributed by atoms with van der Waals surface area (Å²) in [6, 6.07) is 13.7. The molecule has 0 aromatic heterocycles. The number of rotatable bonds is 3. The van der Waals surface area contributed by atoms with Gasteiger partial charge in [-0.3, -0.25) is 14.4 Å². The van der Waals surface area contributed by atoms with Gasteiger partial charge in [0.05, 0.1) is 11.1 Å². The number of carbonyl (C=O) groups excluding carboxylic acids is 2. The summed E-state index contributed by atoms with van der Waals surface area (Å²) >= 11 is 0. The van der Waals surface area contributed by atoms with E-state index in [-0.39, 0.29) is 6.61 Å². The number of amides is 2. The van der Waals surface area contributed by atoms with Crippen LogP contribution in [0.2, 0.25) is 0 Å². The van der Waals surface area contributed by atoms with E-state index in [0.29, 0.717) is 16.8 Å². The lowest BCUT2D eigenvalue weighted by atomic mass is 10.1. The van der Waals surface area contributed by atoms with Crippen molar-refractivity contribution in [1.82, 2.24) is 5.06 Å². The lowest BCUT2D eigenvalue weighted by Crippen LogP contribution is -2.29. The van der Waals surface area contributed by atoms with Gasteiger partial charge in [0.1, 0.15) is 6.61 Å². The van der Waals surface area contributed by atoms with Gasteiger partial charge in [0.2, 0.25) is 0 Å². The average molecular weight is 268 g/mol. The number of hydroxylamine groups is 2. The van der Waals surface area contributed by atoms with Crippen molar-refractivity contribution >= 4 is 17.5 Å². The lowest BCUT2D eigenvalue weighted by molar-refractivity contribution is -0.101. The summed E-state index contributed by atoms with van der Waals surface area (Å²) in [5.74, 6) is -0.871. The first-order valence-electron chi connectivity index (χ1n) is 6.12. The minimum absolute atomic E-state index is 0.108. The average Bonchev–Trinajstić information content (AvgIpc) is 2.70. The largest absolute Gasteiger partial charge is 0.399 e. The topological polar surface area (TPSA) is 72.6 Å². The van der Waals surface area contributed by atoms with E-state index in [0.717, 1.165) is 10.6 Å². The molecule has 1 heterocycles. The molecule has 5 heteroatoms. The molecule has 2 amide bonds. The maximum atomic E-state index is 12.1. The molecule has 2 aromatic rings. The van der Waals surface area contributed by atoms with Crippen LogP contribution < -0.4 is 5.73 Å². The Bertz CT molecular complexity index is 662. The van der Waals surface area contributed by atoms with Gasteiger partial charge in [-0.1, -0.05) is 24.3 Å². The summed E-state index contributed by atoms with van der Waals surface area (Å²) in [4.78, 5) is 29.4. The number of nitrogens with zero attached hydrogens (tertiary/aromatic N) is 1. The summed E-state index contributed by atoms with van der Waals surface area (Å²) in [5.41, 5.74) is 7.79. The van der Waals surface area contributed by atoms with Gasteiger partial charge in [-0.25, -0.2) is 0 Å². The first-order chi connectivity index (χ1) is 9.66. The Labute approximate surface area is 115 Å². The van der Waals surface area contributed by atoms with Gasteiger partial charge in [-0.15, -0.1) is 5.06 Å². The van der Waals surface area contributed by atoms with Crippen LogP contribution in [0.1, 0.15) is 26.3 Å². The standard InChI is InChI=1S/C15H12N2O3/c16-11-5-3-4-10(8-11)9-20-17-14(18)12-6-1-2-7-13(12)15(17)19/h1-8H,9,16H2. The van der Waals surface area contributed by atoms with Gasteiger partial charge < -0.3 is 5.73 Å². The monoisotopic (exact) mass is 268 g/mol. The SMILES string of the molecule is Nc1cccc(CON2C(=O)c3ccccc3C2=O)c1. The zero-order valence-electron chi connectivity index (χ0n) is 10.6. The molecule has 1 aliphatic rings. The first kappa shape index (κ1) is 12.4. The molecular formula is C15H12N2O3. The minimum Gasteiger partial charge on any atom is -0.399 e. The van der Waals surface area contributed by atoms with Crippen LogP contribution >= 0.6 is 0 Å². The molecule has 0 unspecified atom stereocenters. The van der Waals surface area contributed by atoms with Gasteiger partial charge in [0.25, 0.3) is 11.8 Å². The van der Waals surface area contributed by atoms with E-state index in [1.807, 2.05) is 6.07 Å². The van der Waals surface area contributed by atoms with E-state index < -0.39 is 11.8 Å². The Morgan fingerprint density at radius 3 is 2.20 bits per heavy atom. The molecule has 1 aliphatic heterocycles. The second kappa shape index (κ2) is 4.79. The summed E-state index contributed by atoms with van der Waals surface area (Å²) in [7, 11) is 0. The zero-order chi connectivity index (χ0) is 14.1. The fraction of sp³-hybridized carbons (Fsp3) is 0.0667. The third kappa shape index (κ3) is 2.04. The molecule has 0 saturated heterocycles. The number of fused-ring (bicyclic) bond motifs is 1. The zero-order valence-corrected chi connectivity index (χ0v) is 10.6. The number of carbonyl (C=O) groups is 2. The summed E-state index contributed by atoms with van der Waals surface area (Å²) in [6.45, 7) is 0.108. The van der Waals surface area contributed by atoms with E-state index in [9.17, 15) is 9.59 Å². The van der Waals surface area contributed by atoms with Crippen molar-refractivity contribution in [2.24, 2.45) is 0 Å². The number of anilines is 1. The molecule has 0 radical (unpaired) electrons. The van der Waals surface area contributed by atoms with Crippen LogP contribution in [0.4, 0.5) is 5.69 Å². The molecule has 0 saturated carbocycles. The molecule has 0 atom stereocenters. The summed E-state index contributed by atoms with van der Waals surface area (Å²) in [6.07, 6.45) is 0. The van der Waals surface area contributed by atoms with E-state index in [4.69, 9.17) is 10.6 Å². The molecule has 100 valence electrons. The number of hydrogen-bond donors (Lipinski definition) is 1. The van der Waals surface area contributed by atoms with Crippen LogP contribution in [0, 0.1) is 0 Å². The van der Waals surface area contributed by atoms with E-state index in [1.165, 1.54) is 0 Å². The summed E-state index contributed by atoms with van der Waals surface area (Å²) < 4.78 is 0. The van der Waals surface area contributed by atoms with Gasteiger partial charge in [0, 0.05) is 5.69 Å². The molecule has 3 rings (SSSR count). The van der Waals surface area contributed by atoms with Crippen LogP contribution in [0.3, 0.4) is 0 Å². The molecule has 20 heavy (non-hydrogen) atoms. The first-order valence-corrected chi connectivity index (χ1v) is 6.12. The van der Waals surface area contributed by atoms with Crippen LogP contribution in [0.25, 0.3) is 0 Å². The third-order valence-electron chi connectivity index (χ3n) is 3.07. The number of hydrogen-bond acceptors (Lipinski definition) is 4. The van der Waals surface area contributed by atoms with Gasteiger partial charge in [-0.2, -0.15) is 0 Å². The van der Waals surface area contributed by atoms with Crippen LogP contribution in [-0.4, -0.2) is 16.9 Å². The number of imide groups is 1. The normalized spacial score (nSPS) is 13.7. The number of nitrogens with two attached hydrogens (primary N) is 1. The second-order valence-corrected chi connectivity index (χ2v) is 4.47. The molecule has 5 nitrogen and oxygen atoms in total. The fourth-order valence-electron chi connectivity index (χ4n) is 2.11. The van der Waals surface area contributed by atoms with E-state index >= 15 is 0 Å². The Balaban J connectivity index is 1.77. The van der Waals surface area contributed by atoms with Crippen molar-refractivity contribution in [3.63, 3.8) is 0 Å². The van der Waals surface area contributed by atoms with Gasteiger partial charge in [-0.05, 0) is 29.8 Å². The Morgan fingerprint density at radius 2 is 1.60 bits per heavy atom. The van der Waals surface area contributed by atoms with E-state index in [1.54, 1.807) is 42.5 Å². The van der Waals surface area contributed by atoms with Crippen molar-refractivity contribution < 1.29 is 14.4 Å². The number of nitrogen functional groups attached to an aromatic ring is 1. The predicted molar refractivity (Wildman–Crippen MR) is 72.6 cm³/mol. The highest BCUT2D eigenvalue weighted by Gasteiger charge is 2.36. The van der Waals surface area contributed by atoms with Gasteiger partial charge >= 0.3 is 0 Å². The molecule has 2 aromatic carbocycles. The van der Waals surface area contributed by atoms with Crippen molar-refractivity contribution in [3.05, 3.63) is 65.2 Å². The van der Waals surface area contributed by atoms with Crippen LogP contribution in [0.5, 0.6) is 0 Å². The molecule has 0 aliphatic carbocycles. The fourth-order valence-corrected chi connectivity index (χ4v) is 2.11. The highest BCUT2D eigenvalue weighted by Crippen LogP contribution is 2.23. The van der Waals surface area contributed by atoms with Crippen molar-refractivity contribution in [3.8, 4) is 0 Å². The van der Waals surface area contributed by atoms with Gasteiger partial charge in [0.15, 0.2) is 0 Å². The molecule has 2 N–H and O–H groups in total. The Kier molecular flexibility index (Phi) is 2.96. The predicted octanol–water partition coefficient (Wildman–Crippen LogP) is 2.00. The minimum atomic E-state index is -0.436. The van der Waals surface area contributed by atoms with Crippen molar-refractivity contribution in [2.75, 3.05) is 5.73 Å². The Morgan fingerprint density at radius 1 is 0.950 bits per heavy atom. The smallest absolute Gasteiger partial charge is 0.285 e. The molecule has 0 fully saturated rings. The summed E-state index contributed by atoms with van der Waals surface area (Å²) in [5, 5.41) is 0.799. The van der Waals surface area contributed by atoms with Crippen LogP contribution in [-0.2, 0) is 11.4 Å². The highest BCUT2D eigenvalue weighted by molar-refractivity contribution is 6.20.